The Morgan fingerprint density at radius 1 is 1.59 bits per heavy atom. The van der Waals surface area contributed by atoms with Crippen molar-refractivity contribution in [2.75, 3.05) is 6.61 Å². The summed E-state index contributed by atoms with van der Waals surface area (Å²) in [5.41, 5.74) is -1.14. The molecule has 1 aliphatic heterocycles. The second-order valence-corrected chi connectivity index (χ2v) is 4.61. The molecule has 0 aromatic carbocycles. The SMILES string of the molecule is O=c1[nH]c(=O)n([C@H]2C[C@H](O)[C@@H](CO)O2)cc1[77Br]. The zero-order valence-electron chi connectivity index (χ0n) is 8.67. The first kappa shape index (κ1) is 12.5. The summed E-state index contributed by atoms with van der Waals surface area (Å²) >= 11 is 3.00. The fraction of sp³-hybridized carbons (Fsp3) is 0.556. The number of ether oxygens (including phenoxy) is 1. The van der Waals surface area contributed by atoms with Crippen LogP contribution in [0.25, 0.3) is 0 Å². The van der Waals surface area contributed by atoms with Gasteiger partial charge in [0.2, 0.25) is 0 Å². The molecule has 1 aromatic rings. The van der Waals surface area contributed by atoms with Gasteiger partial charge in [0.1, 0.15) is 12.3 Å². The highest BCUT2D eigenvalue weighted by molar-refractivity contribution is 9.10. The molecule has 0 amide bonds. The van der Waals surface area contributed by atoms with E-state index in [0.717, 1.165) is 0 Å². The number of rotatable bonds is 2. The minimum absolute atomic E-state index is 0.184. The van der Waals surface area contributed by atoms with Gasteiger partial charge >= 0.3 is 5.69 Å². The molecule has 1 fully saturated rings. The molecule has 1 aromatic heterocycles. The predicted molar refractivity (Wildman–Crippen MR) is 60.6 cm³/mol. The summed E-state index contributed by atoms with van der Waals surface area (Å²) in [5.74, 6) is 0. The maximum atomic E-state index is 11.5. The molecule has 0 spiro atoms. The number of aromatic nitrogens is 2. The van der Waals surface area contributed by atoms with E-state index in [0.29, 0.717) is 0 Å². The Morgan fingerprint density at radius 3 is 2.88 bits per heavy atom. The lowest BCUT2D eigenvalue weighted by Gasteiger charge is -2.14. The van der Waals surface area contributed by atoms with Crippen molar-refractivity contribution in [2.24, 2.45) is 0 Å². The van der Waals surface area contributed by atoms with Crippen LogP contribution in [0.4, 0.5) is 0 Å². The lowest BCUT2D eigenvalue weighted by molar-refractivity contribution is -0.0459. The van der Waals surface area contributed by atoms with Crippen LogP contribution in [0.5, 0.6) is 0 Å². The summed E-state index contributed by atoms with van der Waals surface area (Å²) in [7, 11) is 0. The molecule has 7 nitrogen and oxygen atoms in total. The molecule has 1 saturated heterocycles. The Hall–Kier alpha value is -0.960. The molecule has 1 aliphatic rings. The number of halogens is 1. The Kier molecular flexibility index (Phi) is 3.48. The third-order valence-electron chi connectivity index (χ3n) is 2.62. The van der Waals surface area contributed by atoms with Gasteiger partial charge in [-0.15, -0.1) is 0 Å². The van der Waals surface area contributed by atoms with E-state index >= 15 is 0 Å². The number of hydrogen-bond acceptors (Lipinski definition) is 5. The molecule has 8 heteroatoms. The highest BCUT2D eigenvalue weighted by Crippen LogP contribution is 2.27. The molecule has 0 radical (unpaired) electrons. The molecular formula is C9H11BrN2O5. The van der Waals surface area contributed by atoms with Crippen LogP contribution in [0.1, 0.15) is 12.6 Å². The Bertz CT molecular complexity index is 525. The van der Waals surface area contributed by atoms with Gasteiger partial charge < -0.3 is 14.9 Å². The van der Waals surface area contributed by atoms with Crippen molar-refractivity contribution in [1.82, 2.24) is 9.55 Å². The van der Waals surface area contributed by atoms with Crippen molar-refractivity contribution in [1.29, 1.82) is 0 Å². The first-order valence-corrected chi connectivity index (χ1v) is 5.77. The third-order valence-corrected chi connectivity index (χ3v) is 3.18. The first-order chi connectivity index (χ1) is 8.02. The van der Waals surface area contributed by atoms with Gasteiger partial charge in [-0.3, -0.25) is 14.3 Å². The van der Waals surface area contributed by atoms with Crippen molar-refractivity contribution in [3.05, 3.63) is 31.5 Å². The van der Waals surface area contributed by atoms with E-state index in [2.05, 4.69) is 20.9 Å². The van der Waals surface area contributed by atoms with Crippen LogP contribution in [0.3, 0.4) is 0 Å². The molecule has 0 unspecified atom stereocenters. The highest BCUT2D eigenvalue weighted by atomic mass is 76.9. The number of hydrogen-bond donors (Lipinski definition) is 3. The minimum Gasteiger partial charge on any atom is -0.394 e. The number of aliphatic hydroxyl groups excluding tert-OH is 2. The summed E-state index contributed by atoms with van der Waals surface area (Å²) in [6.45, 7) is -0.322. The Balaban J connectivity index is 2.34. The highest BCUT2D eigenvalue weighted by Gasteiger charge is 2.35. The van der Waals surface area contributed by atoms with E-state index in [-0.39, 0.29) is 17.5 Å². The van der Waals surface area contributed by atoms with Crippen molar-refractivity contribution in [3.63, 3.8) is 0 Å². The quantitative estimate of drug-likeness (QED) is 0.646. The Labute approximate surface area is 104 Å². The maximum Gasteiger partial charge on any atom is 0.330 e. The zero-order chi connectivity index (χ0) is 12.6. The van der Waals surface area contributed by atoms with E-state index in [4.69, 9.17) is 9.84 Å². The monoisotopic (exact) mass is 304 g/mol. The van der Waals surface area contributed by atoms with Crippen LogP contribution in [0.2, 0.25) is 0 Å². The summed E-state index contributed by atoms with van der Waals surface area (Å²) in [5, 5.41) is 18.5. The van der Waals surface area contributed by atoms with E-state index in [1.165, 1.54) is 10.8 Å². The fourth-order valence-electron chi connectivity index (χ4n) is 1.72. The zero-order valence-corrected chi connectivity index (χ0v) is 10.3. The molecule has 3 N–H and O–H groups in total. The van der Waals surface area contributed by atoms with Crippen LogP contribution in [0, 0.1) is 0 Å². The molecule has 2 rings (SSSR count). The van der Waals surface area contributed by atoms with Crippen molar-refractivity contribution in [2.45, 2.75) is 24.9 Å². The van der Waals surface area contributed by atoms with Crippen LogP contribution in [-0.2, 0) is 4.74 Å². The number of nitrogens with one attached hydrogen (secondary N) is 1. The van der Waals surface area contributed by atoms with Crippen LogP contribution in [-0.4, -0.2) is 38.6 Å². The summed E-state index contributed by atoms with van der Waals surface area (Å²) in [4.78, 5) is 24.8. The number of aromatic amines is 1. The van der Waals surface area contributed by atoms with Crippen LogP contribution < -0.4 is 11.2 Å². The Morgan fingerprint density at radius 2 is 2.29 bits per heavy atom. The molecule has 17 heavy (non-hydrogen) atoms. The number of aliphatic hydroxyl groups is 2. The van der Waals surface area contributed by atoms with Crippen LogP contribution in [0.15, 0.2) is 20.3 Å². The smallest absolute Gasteiger partial charge is 0.330 e. The standard InChI is InChI=1S/C9H11BrN2O5/c10-4-2-12(9(16)11-8(4)15)7-1-5(14)6(3-13)17-7/h2,5-7,13-14H,1,3H2,(H,11,15,16)/t5-,6+,7+/m0/s1/i10-3. The van der Waals surface area contributed by atoms with Gasteiger partial charge in [0.25, 0.3) is 5.56 Å². The largest absolute Gasteiger partial charge is 0.394 e. The van der Waals surface area contributed by atoms with Gasteiger partial charge in [-0.2, -0.15) is 0 Å². The van der Waals surface area contributed by atoms with Gasteiger partial charge in [0.15, 0.2) is 0 Å². The second-order valence-electron chi connectivity index (χ2n) is 3.76. The van der Waals surface area contributed by atoms with Gasteiger partial charge in [-0.25, -0.2) is 4.79 Å². The van der Waals surface area contributed by atoms with Crippen LogP contribution >= 0.6 is 15.9 Å². The lowest BCUT2D eigenvalue weighted by Crippen LogP contribution is -2.32. The van der Waals surface area contributed by atoms with Gasteiger partial charge in [-0.05, 0) is 15.9 Å². The number of nitrogens with zero attached hydrogens (tertiary/aromatic N) is 1. The van der Waals surface area contributed by atoms with E-state index in [1.807, 2.05) is 0 Å². The van der Waals surface area contributed by atoms with Crippen molar-refractivity contribution in [3.8, 4) is 0 Å². The van der Waals surface area contributed by atoms with Crippen molar-refractivity contribution >= 4 is 15.9 Å². The first-order valence-electron chi connectivity index (χ1n) is 4.98. The third kappa shape index (κ3) is 2.34. The fourth-order valence-corrected chi connectivity index (χ4v) is 2.04. The van der Waals surface area contributed by atoms with E-state index in [9.17, 15) is 14.7 Å². The van der Waals surface area contributed by atoms with Crippen molar-refractivity contribution < 1.29 is 14.9 Å². The van der Waals surface area contributed by atoms with E-state index < -0.39 is 29.7 Å². The lowest BCUT2D eigenvalue weighted by atomic mass is 10.2. The van der Waals surface area contributed by atoms with E-state index in [1.54, 1.807) is 0 Å². The molecule has 94 valence electrons. The predicted octanol–water partition coefficient (Wildman–Crippen LogP) is -1.06. The van der Waals surface area contributed by atoms with Gasteiger partial charge in [-0.1, -0.05) is 0 Å². The van der Waals surface area contributed by atoms with Gasteiger partial charge in [0.05, 0.1) is 17.2 Å². The molecule has 0 saturated carbocycles. The van der Waals surface area contributed by atoms with Gasteiger partial charge in [0, 0.05) is 12.6 Å². The summed E-state index contributed by atoms with van der Waals surface area (Å²) in [6, 6.07) is 0. The maximum absolute atomic E-state index is 11.5. The normalized spacial score (nSPS) is 28.5. The molecule has 2 heterocycles. The molecule has 3 atom stereocenters. The average Bonchev–Trinajstić information content (AvgIpc) is 2.65. The summed E-state index contributed by atoms with van der Waals surface area (Å²) < 4.78 is 6.67. The molecular weight excluding hydrogens is 293 g/mol. The second kappa shape index (κ2) is 4.73. The molecule has 0 bridgehead atoms. The minimum atomic E-state index is -0.831. The topological polar surface area (TPSA) is 105 Å². The molecule has 0 aliphatic carbocycles. The summed E-state index contributed by atoms with van der Waals surface area (Å²) in [6.07, 6.45) is -0.745. The average molecular weight is 304 g/mol. The number of H-pyrrole nitrogens is 1.